The highest BCUT2D eigenvalue weighted by Crippen LogP contribution is 2.25. The van der Waals surface area contributed by atoms with E-state index in [0.29, 0.717) is 37.6 Å². The predicted octanol–water partition coefficient (Wildman–Crippen LogP) is 4.48. The second-order valence-corrected chi connectivity index (χ2v) is 7.88. The Balaban J connectivity index is 1.37. The Bertz CT molecular complexity index is 877. The second kappa shape index (κ2) is 7.74. The maximum Gasteiger partial charge on any atom is 0.223 e. The number of ether oxygens (including phenoxy) is 1. The van der Waals surface area contributed by atoms with Crippen LogP contribution in [0, 0.1) is 0 Å². The average Bonchev–Trinajstić information content (AvgIpc) is 3.10. The molecule has 0 spiro atoms. The molecule has 0 aliphatic carbocycles. The molecular weight excluding hydrogens is 368 g/mol. The van der Waals surface area contributed by atoms with E-state index >= 15 is 0 Å². The van der Waals surface area contributed by atoms with Crippen molar-refractivity contribution in [3.05, 3.63) is 64.1 Å². The van der Waals surface area contributed by atoms with Gasteiger partial charge in [0.05, 0.1) is 28.4 Å². The molecule has 2 aromatic carbocycles. The molecule has 0 saturated carbocycles. The molecule has 6 heteroatoms. The highest BCUT2D eigenvalue weighted by Gasteiger charge is 2.25. The van der Waals surface area contributed by atoms with Crippen molar-refractivity contribution >= 4 is 39.1 Å². The zero-order chi connectivity index (χ0) is 17.9. The lowest BCUT2D eigenvalue weighted by molar-refractivity contribution is -0.139. The molecule has 0 radical (unpaired) electrons. The van der Waals surface area contributed by atoms with E-state index in [-0.39, 0.29) is 12.0 Å². The number of amides is 1. The van der Waals surface area contributed by atoms with Gasteiger partial charge in [0.25, 0.3) is 0 Å². The number of para-hydroxylation sites is 1. The Morgan fingerprint density at radius 2 is 2.04 bits per heavy atom. The first-order valence-corrected chi connectivity index (χ1v) is 9.88. The lowest BCUT2D eigenvalue weighted by Gasteiger charge is -2.33. The van der Waals surface area contributed by atoms with Crippen molar-refractivity contribution in [2.75, 3.05) is 19.7 Å². The molecule has 2 heterocycles. The molecular formula is C20H19ClN2O2S. The van der Waals surface area contributed by atoms with E-state index in [1.807, 2.05) is 47.4 Å². The van der Waals surface area contributed by atoms with Crippen molar-refractivity contribution < 1.29 is 9.53 Å². The fourth-order valence-corrected chi connectivity index (χ4v) is 4.25. The zero-order valence-corrected chi connectivity index (χ0v) is 15.8. The lowest BCUT2D eigenvalue weighted by Crippen LogP contribution is -2.42. The minimum Gasteiger partial charge on any atom is -0.370 e. The van der Waals surface area contributed by atoms with Gasteiger partial charge in [-0.15, -0.1) is 11.3 Å². The van der Waals surface area contributed by atoms with E-state index in [0.717, 1.165) is 16.1 Å². The molecule has 1 aromatic heterocycles. The fourth-order valence-electron chi connectivity index (χ4n) is 3.15. The van der Waals surface area contributed by atoms with Gasteiger partial charge in [0, 0.05) is 24.4 Å². The molecule has 1 fully saturated rings. The highest BCUT2D eigenvalue weighted by molar-refractivity contribution is 7.18. The number of fused-ring (bicyclic) bond motifs is 1. The van der Waals surface area contributed by atoms with Crippen LogP contribution in [-0.4, -0.2) is 35.5 Å². The Hall–Kier alpha value is -1.95. The number of morpholine rings is 1. The van der Waals surface area contributed by atoms with E-state index in [1.165, 1.54) is 4.70 Å². The molecule has 1 aliphatic rings. The topological polar surface area (TPSA) is 42.4 Å². The van der Waals surface area contributed by atoms with E-state index in [9.17, 15) is 4.79 Å². The number of carbonyl (C=O) groups excluding carboxylic acids is 1. The Morgan fingerprint density at radius 1 is 1.23 bits per heavy atom. The first-order valence-electron chi connectivity index (χ1n) is 8.68. The molecule has 4 rings (SSSR count). The third kappa shape index (κ3) is 3.90. The smallest absolute Gasteiger partial charge is 0.223 e. The third-order valence-corrected chi connectivity index (χ3v) is 5.90. The first kappa shape index (κ1) is 17.5. The summed E-state index contributed by atoms with van der Waals surface area (Å²) >= 11 is 7.61. The number of benzene rings is 2. The quantitative estimate of drug-likeness (QED) is 0.663. The molecule has 0 N–H and O–H groups in total. The summed E-state index contributed by atoms with van der Waals surface area (Å²) in [6, 6.07) is 15.7. The lowest BCUT2D eigenvalue weighted by atomic mass is 10.1. The fraction of sp³-hybridized carbons (Fsp3) is 0.300. The zero-order valence-electron chi connectivity index (χ0n) is 14.2. The SMILES string of the molecule is O=C(CCc1nc2ccccc2s1)N1CCOC(c2ccc(Cl)cc2)C1. The number of rotatable bonds is 4. The molecule has 134 valence electrons. The van der Waals surface area contributed by atoms with Crippen molar-refractivity contribution in [1.82, 2.24) is 9.88 Å². The number of carbonyl (C=O) groups is 1. The molecule has 3 aromatic rings. The average molecular weight is 387 g/mol. The van der Waals surface area contributed by atoms with Crippen LogP contribution in [0.15, 0.2) is 48.5 Å². The van der Waals surface area contributed by atoms with Crippen molar-refractivity contribution in [3.63, 3.8) is 0 Å². The van der Waals surface area contributed by atoms with E-state index < -0.39 is 0 Å². The van der Waals surface area contributed by atoms with Crippen molar-refractivity contribution in [1.29, 1.82) is 0 Å². The number of thiazole rings is 1. The van der Waals surface area contributed by atoms with Gasteiger partial charge in [0.15, 0.2) is 0 Å². The second-order valence-electron chi connectivity index (χ2n) is 6.33. The standard InChI is InChI=1S/C20H19ClN2O2S/c21-15-7-5-14(6-8-15)17-13-23(11-12-25-17)20(24)10-9-19-22-16-3-1-2-4-18(16)26-19/h1-8,17H,9-13H2. The van der Waals surface area contributed by atoms with Crippen LogP contribution in [-0.2, 0) is 16.0 Å². The summed E-state index contributed by atoms with van der Waals surface area (Å²) in [7, 11) is 0. The van der Waals surface area contributed by atoms with E-state index in [4.69, 9.17) is 16.3 Å². The summed E-state index contributed by atoms with van der Waals surface area (Å²) in [6.07, 6.45) is 1.07. The van der Waals surface area contributed by atoms with Crippen LogP contribution in [0.5, 0.6) is 0 Å². The third-order valence-electron chi connectivity index (χ3n) is 4.55. The van der Waals surface area contributed by atoms with E-state index in [2.05, 4.69) is 11.1 Å². The maximum absolute atomic E-state index is 12.6. The van der Waals surface area contributed by atoms with Gasteiger partial charge in [-0.1, -0.05) is 35.9 Å². The minimum atomic E-state index is -0.0904. The van der Waals surface area contributed by atoms with E-state index in [1.54, 1.807) is 11.3 Å². The number of aromatic nitrogens is 1. The van der Waals surface area contributed by atoms with Crippen LogP contribution < -0.4 is 0 Å². The minimum absolute atomic E-state index is 0.0904. The summed E-state index contributed by atoms with van der Waals surface area (Å²) in [6.45, 7) is 1.78. The highest BCUT2D eigenvalue weighted by atomic mass is 35.5. The summed E-state index contributed by atoms with van der Waals surface area (Å²) in [5.41, 5.74) is 2.06. The van der Waals surface area contributed by atoms with Gasteiger partial charge in [0.2, 0.25) is 5.91 Å². The summed E-state index contributed by atoms with van der Waals surface area (Å²) < 4.78 is 7.01. The molecule has 1 amide bonds. The van der Waals surface area contributed by atoms with Gasteiger partial charge >= 0.3 is 0 Å². The monoisotopic (exact) mass is 386 g/mol. The Labute approximate surface area is 161 Å². The molecule has 0 bridgehead atoms. The molecule has 1 unspecified atom stereocenters. The van der Waals surface area contributed by atoms with Crippen molar-refractivity contribution in [2.45, 2.75) is 18.9 Å². The molecule has 4 nitrogen and oxygen atoms in total. The number of aryl methyl sites for hydroxylation is 1. The Kier molecular flexibility index (Phi) is 5.20. The molecule has 1 atom stereocenters. The Morgan fingerprint density at radius 3 is 2.85 bits per heavy atom. The molecule has 26 heavy (non-hydrogen) atoms. The van der Waals surface area contributed by atoms with Gasteiger partial charge in [-0.05, 0) is 29.8 Å². The summed E-state index contributed by atoms with van der Waals surface area (Å²) in [4.78, 5) is 19.2. The first-order chi connectivity index (χ1) is 12.7. The maximum atomic E-state index is 12.6. The molecule has 1 aliphatic heterocycles. The van der Waals surface area contributed by atoms with Gasteiger partial charge in [-0.2, -0.15) is 0 Å². The van der Waals surface area contributed by atoms with Gasteiger partial charge in [0.1, 0.15) is 6.10 Å². The largest absolute Gasteiger partial charge is 0.370 e. The predicted molar refractivity (Wildman–Crippen MR) is 105 cm³/mol. The number of nitrogens with zero attached hydrogens (tertiary/aromatic N) is 2. The van der Waals surface area contributed by atoms with Gasteiger partial charge in [-0.3, -0.25) is 4.79 Å². The summed E-state index contributed by atoms with van der Waals surface area (Å²) in [5, 5.41) is 1.72. The summed E-state index contributed by atoms with van der Waals surface area (Å²) in [5.74, 6) is 0.159. The molecule has 1 saturated heterocycles. The van der Waals surface area contributed by atoms with Crippen molar-refractivity contribution in [3.8, 4) is 0 Å². The van der Waals surface area contributed by atoms with Crippen LogP contribution in [0.25, 0.3) is 10.2 Å². The van der Waals surface area contributed by atoms with Crippen LogP contribution in [0.1, 0.15) is 23.1 Å². The van der Waals surface area contributed by atoms with Crippen molar-refractivity contribution in [2.24, 2.45) is 0 Å². The normalized spacial score (nSPS) is 17.6. The number of hydrogen-bond acceptors (Lipinski definition) is 4. The van der Waals surface area contributed by atoms with Gasteiger partial charge < -0.3 is 9.64 Å². The van der Waals surface area contributed by atoms with Crippen LogP contribution in [0.4, 0.5) is 0 Å². The number of halogens is 1. The van der Waals surface area contributed by atoms with Crippen LogP contribution in [0.3, 0.4) is 0 Å². The van der Waals surface area contributed by atoms with Crippen LogP contribution in [0.2, 0.25) is 5.02 Å². The number of hydrogen-bond donors (Lipinski definition) is 0. The van der Waals surface area contributed by atoms with Crippen LogP contribution >= 0.6 is 22.9 Å². The van der Waals surface area contributed by atoms with Gasteiger partial charge in [-0.25, -0.2) is 4.98 Å².